The number of methoxy groups -OCH3 is 1. The summed E-state index contributed by atoms with van der Waals surface area (Å²) in [5.41, 5.74) is 1.23. The normalized spacial score (nSPS) is 10.8. The molecule has 0 aliphatic rings. The Morgan fingerprint density at radius 3 is 2.80 bits per heavy atom. The summed E-state index contributed by atoms with van der Waals surface area (Å²) in [5, 5.41) is 3.33. The molecule has 0 spiro atoms. The number of rotatable bonds is 4. The average Bonchev–Trinajstić information content (AvgIpc) is 2.77. The van der Waals surface area contributed by atoms with Crippen molar-refractivity contribution in [2.24, 2.45) is 5.92 Å². The monoisotopic (exact) mass is 292 g/mol. The van der Waals surface area contributed by atoms with Gasteiger partial charge in [-0.05, 0) is 24.1 Å². The highest BCUT2D eigenvalue weighted by Crippen LogP contribution is 2.27. The molecule has 0 aliphatic heterocycles. The summed E-state index contributed by atoms with van der Waals surface area (Å²) in [7, 11) is 1.34. The van der Waals surface area contributed by atoms with E-state index in [1.54, 1.807) is 18.2 Å². The molecule has 1 heterocycles. The number of ether oxygens (including phenoxy) is 1. The molecule has 0 saturated heterocycles. The smallest absolute Gasteiger partial charge is 0.337 e. The van der Waals surface area contributed by atoms with E-state index in [1.807, 2.05) is 13.8 Å². The number of carbonyl (C=O) groups excluding carboxylic acids is 2. The lowest BCUT2D eigenvalue weighted by Gasteiger charge is -2.03. The van der Waals surface area contributed by atoms with Crippen LogP contribution in [0.1, 0.15) is 30.6 Å². The molecule has 0 atom stereocenters. The molecule has 6 heteroatoms. The third-order valence-electron chi connectivity index (χ3n) is 2.65. The van der Waals surface area contributed by atoms with E-state index in [-0.39, 0.29) is 11.9 Å². The first-order valence-electron chi connectivity index (χ1n) is 6.28. The van der Waals surface area contributed by atoms with Crippen LogP contribution >= 0.6 is 11.3 Å². The zero-order valence-electron chi connectivity index (χ0n) is 11.6. The van der Waals surface area contributed by atoms with Crippen molar-refractivity contribution in [2.75, 3.05) is 12.4 Å². The number of aromatic nitrogens is 1. The van der Waals surface area contributed by atoms with Gasteiger partial charge in [0.25, 0.3) is 0 Å². The highest BCUT2D eigenvalue weighted by atomic mass is 32.1. The molecule has 5 nitrogen and oxygen atoms in total. The van der Waals surface area contributed by atoms with E-state index in [0.29, 0.717) is 23.0 Å². The SMILES string of the molecule is COC(=O)c1ccc2nc(NC(=O)CC(C)C)sc2c1. The van der Waals surface area contributed by atoms with E-state index >= 15 is 0 Å². The predicted octanol–water partition coefficient (Wildman–Crippen LogP) is 3.07. The standard InChI is InChI=1S/C14H16N2O3S/c1-8(2)6-12(17)16-14-15-10-5-4-9(13(18)19-3)7-11(10)20-14/h4-5,7-8H,6H2,1-3H3,(H,15,16,17). The van der Waals surface area contributed by atoms with Gasteiger partial charge in [-0.2, -0.15) is 0 Å². The fourth-order valence-electron chi connectivity index (χ4n) is 1.76. The summed E-state index contributed by atoms with van der Waals surface area (Å²) < 4.78 is 5.52. The maximum absolute atomic E-state index is 11.7. The second-order valence-electron chi connectivity index (χ2n) is 4.84. The number of hydrogen-bond acceptors (Lipinski definition) is 5. The summed E-state index contributed by atoms with van der Waals surface area (Å²) in [6, 6.07) is 5.13. The van der Waals surface area contributed by atoms with E-state index in [2.05, 4.69) is 15.0 Å². The fourth-order valence-corrected chi connectivity index (χ4v) is 2.69. The summed E-state index contributed by atoms with van der Waals surface area (Å²) in [5.74, 6) is -0.131. The number of anilines is 1. The van der Waals surface area contributed by atoms with Gasteiger partial charge in [0.2, 0.25) is 5.91 Å². The van der Waals surface area contributed by atoms with Crippen molar-refractivity contribution in [1.29, 1.82) is 0 Å². The number of hydrogen-bond donors (Lipinski definition) is 1. The number of carbonyl (C=O) groups is 2. The third-order valence-corrected chi connectivity index (χ3v) is 3.58. The molecule has 0 bridgehead atoms. The van der Waals surface area contributed by atoms with Crippen LogP contribution in [0, 0.1) is 5.92 Å². The number of fused-ring (bicyclic) bond motifs is 1. The molecular weight excluding hydrogens is 276 g/mol. The lowest BCUT2D eigenvalue weighted by molar-refractivity contribution is -0.116. The molecule has 1 amide bonds. The third kappa shape index (κ3) is 3.33. The predicted molar refractivity (Wildman–Crippen MR) is 79.0 cm³/mol. The van der Waals surface area contributed by atoms with Crippen molar-refractivity contribution in [3.8, 4) is 0 Å². The Balaban J connectivity index is 2.21. The van der Waals surface area contributed by atoms with Crippen molar-refractivity contribution in [3.63, 3.8) is 0 Å². The number of nitrogens with one attached hydrogen (secondary N) is 1. The molecule has 2 aromatic rings. The van der Waals surface area contributed by atoms with E-state index < -0.39 is 0 Å². The summed E-state index contributed by atoms with van der Waals surface area (Å²) in [6.45, 7) is 3.97. The Bertz CT molecular complexity index is 649. The van der Waals surface area contributed by atoms with Gasteiger partial charge in [0.15, 0.2) is 5.13 Å². The van der Waals surface area contributed by atoms with E-state index in [1.165, 1.54) is 18.4 Å². The number of nitrogens with zero attached hydrogens (tertiary/aromatic N) is 1. The fraction of sp³-hybridized carbons (Fsp3) is 0.357. The van der Waals surface area contributed by atoms with Gasteiger partial charge in [-0.3, -0.25) is 4.79 Å². The van der Waals surface area contributed by atoms with Crippen molar-refractivity contribution in [1.82, 2.24) is 4.98 Å². The molecular formula is C14H16N2O3S. The Labute approximate surface area is 121 Å². The van der Waals surface area contributed by atoms with Crippen molar-refractivity contribution in [3.05, 3.63) is 23.8 Å². The second kappa shape index (κ2) is 6.00. The van der Waals surface area contributed by atoms with Gasteiger partial charge >= 0.3 is 5.97 Å². The van der Waals surface area contributed by atoms with Crippen LogP contribution in [0.15, 0.2) is 18.2 Å². The van der Waals surface area contributed by atoms with E-state index in [4.69, 9.17) is 0 Å². The van der Waals surface area contributed by atoms with Crippen LogP contribution in [0.25, 0.3) is 10.2 Å². The summed E-state index contributed by atoms with van der Waals surface area (Å²) >= 11 is 1.34. The second-order valence-corrected chi connectivity index (χ2v) is 5.87. The molecule has 0 fully saturated rings. The molecule has 0 saturated carbocycles. The minimum absolute atomic E-state index is 0.0488. The van der Waals surface area contributed by atoms with Crippen LogP contribution < -0.4 is 5.32 Å². The maximum atomic E-state index is 11.7. The lowest BCUT2D eigenvalue weighted by Crippen LogP contribution is -2.13. The molecule has 106 valence electrons. The van der Waals surface area contributed by atoms with Crippen molar-refractivity contribution < 1.29 is 14.3 Å². The molecule has 2 rings (SSSR count). The van der Waals surface area contributed by atoms with Crippen LogP contribution in [-0.2, 0) is 9.53 Å². The average molecular weight is 292 g/mol. The molecule has 1 aromatic carbocycles. The Hall–Kier alpha value is -1.95. The lowest BCUT2D eigenvalue weighted by atomic mass is 10.1. The molecule has 0 unspecified atom stereocenters. The maximum Gasteiger partial charge on any atom is 0.337 e. The number of benzene rings is 1. The first-order chi connectivity index (χ1) is 9.49. The number of esters is 1. The minimum atomic E-state index is -0.384. The van der Waals surface area contributed by atoms with Crippen LogP contribution in [-0.4, -0.2) is 24.0 Å². The highest BCUT2D eigenvalue weighted by Gasteiger charge is 2.11. The van der Waals surface area contributed by atoms with Gasteiger partial charge in [0, 0.05) is 6.42 Å². The molecule has 0 radical (unpaired) electrons. The zero-order chi connectivity index (χ0) is 14.7. The van der Waals surface area contributed by atoms with Gasteiger partial charge in [-0.15, -0.1) is 0 Å². The first kappa shape index (κ1) is 14.5. The largest absolute Gasteiger partial charge is 0.465 e. The van der Waals surface area contributed by atoms with Gasteiger partial charge in [0.1, 0.15) is 0 Å². The number of thiazole rings is 1. The van der Waals surface area contributed by atoms with Crippen LogP contribution in [0.2, 0.25) is 0 Å². The van der Waals surface area contributed by atoms with Gasteiger partial charge < -0.3 is 10.1 Å². The summed E-state index contributed by atoms with van der Waals surface area (Å²) in [6.07, 6.45) is 0.462. The zero-order valence-corrected chi connectivity index (χ0v) is 12.4. The van der Waals surface area contributed by atoms with Gasteiger partial charge in [0.05, 0.1) is 22.9 Å². The van der Waals surface area contributed by atoms with Gasteiger partial charge in [-0.1, -0.05) is 25.2 Å². The topological polar surface area (TPSA) is 68.3 Å². The summed E-state index contributed by atoms with van der Waals surface area (Å²) in [4.78, 5) is 27.5. The van der Waals surface area contributed by atoms with Crippen molar-refractivity contribution in [2.45, 2.75) is 20.3 Å². The van der Waals surface area contributed by atoms with Crippen LogP contribution in [0.3, 0.4) is 0 Å². The Morgan fingerprint density at radius 1 is 1.40 bits per heavy atom. The van der Waals surface area contributed by atoms with Crippen LogP contribution in [0.5, 0.6) is 0 Å². The molecule has 0 aliphatic carbocycles. The highest BCUT2D eigenvalue weighted by molar-refractivity contribution is 7.22. The van der Waals surface area contributed by atoms with Gasteiger partial charge in [-0.25, -0.2) is 9.78 Å². The Morgan fingerprint density at radius 2 is 2.15 bits per heavy atom. The molecule has 20 heavy (non-hydrogen) atoms. The molecule has 1 aromatic heterocycles. The Kier molecular flexibility index (Phi) is 4.34. The van der Waals surface area contributed by atoms with E-state index in [9.17, 15) is 9.59 Å². The number of amides is 1. The minimum Gasteiger partial charge on any atom is -0.465 e. The quantitative estimate of drug-likeness (QED) is 0.879. The van der Waals surface area contributed by atoms with Crippen LogP contribution in [0.4, 0.5) is 5.13 Å². The van der Waals surface area contributed by atoms with E-state index in [0.717, 1.165) is 10.2 Å². The molecule has 1 N–H and O–H groups in total. The first-order valence-corrected chi connectivity index (χ1v) is 7.10. The van der Waals surface area contributed by atoms with Crippen molar-refractivity contribution >= 4 is 38.6 Å².